The van der Waals surface area contributed by atoms with Crippen LogP contribution in [0, 0.1) is 16.7 Å². The van der Waals surface area contributed by atoms with Gasteiger partial charge in [-0.2, -0.15) is 15.3 Å². The van der Waals surface area contributed by atoms with Crippen molar-refractivity contribution in [2.24, 2.45) is 12.5 Å². The van der Waals surface area contributed by atoms with Gasteiger partial charge in [-0.05, 0) is 60.3 Å². The van der Waals surface area contributed by atoms with Crippen LogP contribution in [-0.4, -0.2) is 87.8 Å². The molecular weight excluding hydrogens is 705 g/mol. The highest BCUT2D eigenvalue weighted by Crippen LogP contribution is 2.46. The lowest BCUT2D eigenvalue weighted by molar-refractivity contribution is 0.229. The van der Waals surface area contributed by atoms with Gasteiger partial charge in [0.15, 0.2) is 0 Å². The summed E-state index contributed by atoms with van der Waals surface area (Å²) in [6, 6.07) is 10.3. The standard InChI is InChI=1S/C34H37BrN11O2P/c1-44-19-22(17-40-44)23-15-27(29(48-2)16-28(23)46-13-11-45(12-14-46)21-34(20-36)7-8-34)42-33-39-18-24(35)32(43-33)41-26-6-5-25-30(38-10-9-37-25)31(26)49(3,4)47/h5-6,9-10,15-19H,7-8,11-14,21H2,1-4H3,(H2,39,41,42,43). The predicted molar refractivity (Wildman–Crippen MR) is 196 cm³/mol. The molecule has 13 nitrogen and oxygen atoms in total. The summed E-state index contributed by atoms with van der Waals surface area (Å²) in [5, 5.41) is 21.4. The number of piperazine rings is 1. The molecule has 5 aromatic rings. The van der Waals surface area contributed by atoms with Gasteiger partial charge in [0, 0.05) is 87.4 Å². The van der Waals surface area contributed by atoms with Crippen LogP contribution in [0.4, 0.5) is 28.8 Å². The maximum absolute atomic E-state index is 13.5. The average molecular weight is 743 g/mol. The number of nitrogens with one attached hydrogen (secondary N) is 2. The molecule has 1 aliphatic heterocycles. The lowest BCUT2D eigenvalue weighted by atomic mass is 10.0. The Morgan fingerprint density at radius 3 is 2.49 bits per heavy atom. The summed E-state index contributed by atoms with van der Waals surface area (Å²) >= 11 is 3.58. The van der Waals surface area contributed by atoms with E-state index in [-0.39, 0.29) is 5.41 Å². The van der Waals surface area contributed by atoms with E-state index in [1.165, 1.54) is 0 Å². The molecule has 0 amide bonds. The highest BCUT2D eigenvalue weighted by Gasteiger charge is 2.44. The molecule has 2 aliphatic rings. The van der Waals surface area contributed by atoms with E-state index >= 15 is 0 Å². The van der Waals surface area contributed by atoms with Gasteiger partial charge in [0.05, 0.1) is 51.5 Å². The summed E-state index contributed by atoms with van der Waals surface area (Å²) in [6.07, 6.45) is 10.7. The van der Waals surface area contributed by atoms with Gasteiger partial charge in [0.1, 0.15) is 24.2 Å². The van der Waals surface area contributed by atoms with Crippen molar-refractivity contribution < 1.29 is 9.30 Å². The first-order valence-electron chi connectivity index (χ1n) is 16.0. The Hall–Kier alpha value is -4.57. The van der Waals surface area contributed by atoms with E-state index in [1.54, 1.807) is 43.7 Å². The molecule has 2 fully saturated rings. The van der Waals surface area contributed by atoms with Gasteiger partial charge >= 0.3 is 0 Å². The van der Waals surface area contributed by atoms with Crippen LogP contribution in [0.5, 0.6) is 5.75 Å². The molecule has 1 aliphatic carbocycles. The fourth-order valence-corrected chi connectivity index (χ4v) is 8.03. The Balaban J connectivity index is 1.19. The van der Waals surface area contributed by atoms with E-state index in [0.29, 0.717) is 49.7 Å². The van der Waals surface area contributed by atoms with Gasteiger partial charge in [0.2, 0.25) is 5.95 Å². The first kappa shape index (κ1) is 33.0. The third-order valence-corrected chi connectivity index (χ3v) is 11.2. The number of fused-ring (bicyclic) bond motifs is 1. The minimum Gasteiger partial charge on any atom is -0.494 e. The van der Waals surface area contributed by atoms with Crippen LogP contribution in [0.3, 0.4) is 0 Å². The molecule has 3 aromatic heterocycles. The summed E-state index contributed by atoms with van der Waals surface area (Å²) in [5.41, 5.74) is 5.45. The molecule has 15 heteroatoms. The van der Waals surface area contributed by atoms with Crippen molar-refractivity contribution in [1.29, 1.82) is 5.26 Å². The zero-order valence-corrected chi connectivity index (χ0v) is 30.3. The minimum absolute atomic E-state index is 0.148. The smallest absolute Gasteiger partial charge is 0.229 e. The number of hydrogen-bond donors (Lipinski definition) is 2. The number of nitriles is 1. The van der Waals surface area contributed by atoms with Crippen LogP contribution in [0.25, 0.3) is 22.2 Å². The molecule has 4 heterocycles. The van der Waals surface area contributed by atoms with Gasteiger partial charge in [-0.15, -0.1) is 0 Å². The second-order valence-corrected chi connectivity index (χ2v) is 17.0. The maximum Gasteiger partial charge on any atom is 0.229 e. The van der Waals surface area contributed by atoms with E-state index < -0.39 is 7.14 Å². The number of nitrogens with zero attached hydrogens (tertiary/aromatic N) is 9. The van der Waals surface area contributed by atoms with Crippen LogP contribution < -0.4 is 25.6 Å². The molecular formula is C34H37BrN11O2P. The zero-order chi connectivity index (χ0) is 34.3. The van der Waals surface area contributed by atoms with Crippen molar-refractivity contribution in [3.8, 4) is 22.9 Å². The summed E-state index contributed by atoms with van der Waals surface area (Å²) in [6.45, 7) is 7.72. The van der Waals surface area contributed by atoms with Gasteiger partial charge in [-0.3, -0.25) is 19.5 Å². The molecule has 252 valence electrons. The van der Waals surface area contributed by atoms with Crippen molar-refractivity contribution in [1.82, 2.24) is 34.6 Å². The predicted octanol–water partition coefficient (Wildman–Crippen LogP) is 5.75. The van der Waals surface area contributed by atoms with Crippen LogP contribution in [0.1, 0.15) is 12.8 Å². The van der Waals surface area contributed by atoms with Crippen molar-refractivity contribution in [2.45, 2.75) is 12.8 Å². The molecule has 1 saturated heterocycles. The highest BCUT2D eigenvalue weighted by molar-refractivity contribution is 9.10. The van der Waals surface area contributed by atoms with E-state index in [1.807, 2.05) is 31.6 Å². The van der Waals surface area contributed by atoms with Crippen LogP contribution in [0.2, 0.25) is 0 Å². The first-order chi connectivity index (χ1) is 23.6. The Labute approximate surface area is 293 Å². The van der Waals surface area contributed by atoms with E-state index in [0.717, 1.165) is 62.4 Å². The number of rotatable bonds is 10. The summed E-state index contributed by atoms with van der Waals surface area (Å²) in [7, 11) is 0.779. The van der Waals surface area contributed by atoms with Gasteiger partial charge in [-0.25, -0.2) is 4.98 Å². The SMILES string of the molecule is COc1cc(N2CCN(CC3(C#N)CC3)CC2)c(-c2cnn(C)c2)cc1Nc1ncc(Br)c(Nc2ccc3nccnc3c2P(C)(C)=O)n1. The highest BCUT2D eigenvalue weighted by atomic mass is 79.9. The molecule has 7 rings (SSSR count). The quantitative estimate of drug-likeness (QED) is 0.168. The lowest BCUT2D eigenvalue weighted by Gasteiger charge is -2.38. The molecule has 49 heavy (non-hydrogen) atoms. The normalized spacial score (nSPS) is 16.0. The first-order valence-corrected chi connectivity index (χ1v) is 19.4. The van der Waals surface area contributed by atoms with E-state index in [2.05, 4.69) is 74.6 Å². The van der Waals surface area contributed by atoms with E-state index in [4.69, 9.17) is 9.72 Å². The van der Waals surface area contributed by atoms with Crippen molar-refractivity contribution in [3.63, 3.8) is 0 Å². The molecule has 0 atom stereocenters. The number of methoxy groups -OCH3 is 1. The fourth-order valence-electron chi connectivity index (χ4n) is 6.35. The Morgan fingerprint density at radius 2 is 1.82 bits per heavy atom. The van der Waals surface area contributed by atoms with Crippen molar-refractivity contribution >= 4 is 68.2 Å². The summed E-state index contributed by atoms with van der Waals surface area (Å²) in [5.74, 6) is 1.47. The second kappa shape index (κ2) is 13.0. The van der Waals surface area contributed by atoms with Crippen LogP contribution in [0.15, 0.2) is 59.7 Å². The third kappa shape index (κ3) is 6.84. The third-order valence-electron chi connectivity index (χ3n) is 9.06. The number of hydrogen-bond acceptors (Lipinski definition) is 12. The summed E-state index contributed by atoms with van der Waals surface area (Å²) < 4.78 is 21.8. The Kier molecular flexibility index (Phi) is 8.77. The van der Waals surface area contributed by atoms with Crippen molar-refractivity contribution in [3.05, 3.63) is 59.7 Å². The minimum atomic E-state index is -2.77. The topological polar surface area (TPSA) is 150 Å². The second-order valence-electron chi connectivity index (χ2n) is 13.0. The van der Waals surface area contributed by atoms with Crippen LogP contribution in [-0.2, 0) is 11.6 Å². The molecule has 2 N–H and O–H groups in total. The number of aryl methyl sites for hydroxylation is 1. The average Bonchev–Trinajstić information content (AvgIpc) is 3.73. The molecule has 0 bridgehead atoms. The fraction of sp³-hybridized carbons (Fsp3) is 0.353. The largest absolute Gasteiger partial charge is 0.494 e. The lowest BCUT2D eigenvalue weighted by Crippen LogP contribution is -2.48. The Morgan fingerprint density at radius 1 is 1.04 bits per heavy atom. The monoisotopic (exact) mass is 741 g/mol. The summed E-state index contributed by atoms with van der Waals surface area (Å²) in [4.78, 5) is 23.0. The number of halogens is 1. The number of anilines is 5. The van der Waals surface area contributed by atoms with Crippen LogP contribution >= 0.6 is 23.1 Å². The molecule has 2 aromatic carbocycles. The van der Waals surface area contributed by atoms with Gasteiger partial charge < -0.3 is 24.8 Å². The number of benzene rings is 2. The number of ether oxygens (including phenoxy) is 1. The van der Waals surface area contributed by atoms with Gasteiger partial charge in [-0.1, -0.05) is 0 Å². The molecule has 0 radical (unpaired) electrons. The number of aromatic nitrogens is 6. The Bertz CT molecular complexity index is 2130. The zero-order valence-electron chi connectivity index (χ0n) is 27.8. The molecule has 1 saturated carbocycles. The maximum atomic E-state index is 13.5. The molecule has 0 unspecified atom stereocenters. The van der Waals surface area contributed by atoms with Crippen molar-refractivity contribution in [2.75, 3.05) is 68.7 Å². The van der Waals surface area contributed by atoms with E-state index in [9.17, 15) is 9.83 Å². The molecule has 0 spiro atoms. The van der Waals surface area contributed by atoms with Gasteiger partial charge in [0.25, 0.3) is 0 Å².